The Labute approximate surface area is 213 Å². The number of benzene rings is 2. The fourth-order valence-corrected chi connectivity index (χ4v) is 4.98. The summed E-state index contributed by atoms with van der Waals surface area (Å²) in [6.45, 7) is 5.02. The molecule has 37 heavy (non-hydrogen) atoms. The lowest BCUT2D eigenvalue weighted by molar-refractivity contribution is -0.121. The maximum absolute atomic E-state index is 13.5. The Hall–Kier alpha value is -3.94. The maximum Gasteiger partial charge on any atom is 0.218 e. The Morgan fingerprint density at radius 2 is 1.92 bits per heavy atom. The average molecular weight is 504 g/mol. The van der Waals surface area contributed by atoms with Crippen LogP contribution in [0.25, 0.3) is 21.9 Å². The van der Waals surface area contributed by atoms with Gasteiger partial charge in [0.15, 0.2) is 17.5 Å². The molecule has 2 aromatic carbocycles. The topological polar surface area (TPSA) is 90.1 Å². The van der Waals surface area contributed by atoms with Crippen molar-refractivity contribution in [2.45, 2.75) is 19.5 Å². The summed E-state index contributed by atoms with van der Waals surface area (Å²) in [7, 11) is 1.92. The van der Waals surface area contributed by atoms with Gasteiger partial charge in [-0.15, -0.1) is 0 Å². The van der Waals surface area contributed by atoms with E-state index < -0.39 is 17.8 Å². The lowest BCUT2D eigenvalue weighted by Gasteiger charge is -2.38. The van der Waals surface area contributed by atoms with Crippen molar-refractivity contribution in [3.63, 3.8) is 0 Å². The van der Waals surface area contributed by atoms with Gasteiger partial charge < -0.3 is 14.8 Å². The van der Waals surface area contributed by atoms with Crippen LogP contribution in [0.5, 0.6) is 0 Å². The van der Waals surface area contributed by atoms with Crippen LogP contribution in [-0.4, -0.2) is 63.0 Å². The zero-order valence-electron chi connectivity index (χ0n) is 20.7. The summed E-state index contributed by atoms with van der Waals surface area (Å²) >= 11 is 0. The zero-order valence-corrected chi connectivity index (χ0v) is 20.7. The number of carbonyl (C=O) groups excluding carboxylic acids is 1. The molecule has 190 valence electrons. The van der Waals surface area contributed by atoms with E-state index in [-0.39, 0.29) is 5.91 Å². The van der Waals surface area contributed by atoms with Crippen LogP contribution in [0.1, 0.15) is 30.0 Å². The van der Waals surface area contributed by atoms with Crippen LogP contribution in [0.3, 0.4) is 0 Å². The molecule has 5 rings (SSSR count). The molecule has 10 heteroatoms. The lowest BCUT2D eigenvalue weighted by Crippen LogP contribution is -2.52. The Morgan fingerprint density at radius 3 is 2.62 bits per heavy atom. The van der Waals surface area contributed by atoms with Crippen LogP contribution in [0.2, 0.25) is 0 Å². The largest absolute Gasteiger partial charge is 0.341 e. The van der Waals surface area contributed by atoms with Crippen molar-refractivity contribution >= 4 is 27.8 Å². The highest BCUT2D eigenvalue weighted by Crippen LogP contribution is 2.30. The fraction of sp³-hybridized carbons (Fsp3) is 0.333. The van der Waals surface area contributed by atoms with Gasteiger partial charge in [0, 0.05) is 52.1 Å². The van der Waals surface area contributed by atoms with E-state index in [1.54, 1.807) is 18.3 Å². The van der Waals surface area contributed by atoms with Crippen LogP contribution < -0.4 is 5.32 Å². The van der Waals surface area contributed by atoms with Gasteiger partial charge in [-0.1, -0.05) is 12.1 Å². The van der Waals surface area contributed by atoms with Crippen molar-refractivity contribution in [2.24, 2.45) is 7.05 Å². The summed E-state index contributed by atoms with van der Waals surface area (Å²) < 4.78 is 28.7. The maximum atomic E-state index is 13.5. The molecule has 1 N–H and O–H groups in total. The van der Waals surface area contributed by atoms with Crippen molar-refractivity contribution in [1.82, 2.24) is 29.7 Å². The summed E-state index contributed by atoms with van der Waals surface area (Å²) in [6.07, 6.45) is 1.85. The molecule has 1 unspecified atom stereocenters. The standard InChI is InChI=1S/C27H27F2N7O/c1-17(37)32-27(36-12-10-35(11-13-36)9-8-18-6-7-20(28)21(29)14-18)26-31-16-23-25(33-26)24-19(15-30)4-3-5-22(24)34(23)2/h3-7,14,16,27H,8-13H2,1-2H3,(H,32,37). The van der Waals surface area contributed by atoms with Crippen molar-refractivity contribution in [2.75, 3.05) is 32.7 Å². The van der Waals surface area contributed by atoms with Gasteiger partial charge in [-0.25, -0.2) is 18.7 Å². The lowest BCUT2D eigenvalue weighted by atomic mass is 10.1. The van der Waals surface area contributed by atoms with Crippen LogP contribution >= 0.6 is 0 Å². The first kappa shape index (κ1) is 24.7. The quantitative estimate of drug-likeness (QED) is 0.435. The summed E-state index contributed by atoms with van der Waals surface area (Å²) in [5, 5.41) is 13.4. The number of carbonyl (C=O) groups is 1. The second kappa shape index (κ2) is 10.2. The normalized spacial score (nSPS) is 15.6. The zero-order chi connectivity index (χ0) is 26.1. The second-order valence-electron chi connectivity index (χ2n) is 9.31. The third kappa shape index (κ3) is 4.88. The number of hydrogen-bond donors (Lipinski definition) is 1. The number of hydrogen-bond acceptors (Lipinski definition) is 6. The minimum atomic E-state index is -0.839. The van der Waals surface area contributed by atoms with Crippen LogP contribution in [0, 0.1) is 23.0 Å². The van der Waals surface area contributed by atoms with Gasteiger partial charge in [0.25, 0.3) is 0 Å². The van der Waals surface area contributed by atoms with E-state index in [4.69, 9.17) is 4.98 Å². The fourth-order valence-electron chi connectivity index (χ4n) is 4.98. The molecule has 2 aromatic heterocycles. The Kier molecular flexibility index (Phi) is 6.82. The molecule has 4 aromatic rings. The highest BCUT2D eigenvalue weighted by Gasteiger charge is 2.28. The first-order chi connectivity index (χ1) is 17.9. The molecule has 0 bridgehead atoms. The molecule has 1 saturated heterocycles. The number of nitriles is 1. The third-order valence-corrected chi connectivity index (χ3v) is 6.97. The van der Waals surface area contributed by atoms with Crippen LogP contribution in [0.15, 0.2) is 42.6 Å². The predicted octanol–water partition coefficient (Wildman–Crippen LogP) is 3.27. The van der Waals surface area contributed by atoms with Crippen molar-refractivity contribution in [3.05, 3.63) is 71.2 Å². The van der Waals surface area contributed by atoms with Gasteiger partial charge in [0.2, 0.25) is 5.91 Å². The Morgan fingerprint density at radius 1 is 1.14 bits per heavy atom. The smallest absolute Gasteiger partial charge is 0.218 e. The SMILES string of the molecule is CC(=O)NC(c1ncc2c(n1)c1c(C#N)cccc1n2C)N1CCN(CCc2ccc(F)c(F)c2)CC1. The second-order valence-corrected chi connectivity index (χ2v) is 9.31. The van der Waals surface area contributed by atoms with E-state index in [1.807, 2.05) is 23.7 Å². The van der Waals surface area contributed by atoms with Gasteiger partial charge in [0.05, 0.1) is 28.9 Å². The highest BCUT2D eigenvalue weighted by atomic mass is 19.2. The highest BCUT2D eigenvalue weighted by molar-refractivity contribution is 6.08. The molecule has 8 nitrogen and oxygen atoms in total. The number of nitrogens with one attached hydrogen (secondary N) is 1. The monoisotopic (exact) mass is 503 g/mol. The molecule has 1 amide bonds. The van der Waals surface area contributed by atoms with E-state index >= 15 is 0 Å². The molecule has 1 atom stereocenters. The van der Waals surface area contributed by atoms with Gasteiger partial charge in [-0.05, 0) is 36.2 Å². The number of nitrogens with zero attached hydrogens (tertiary/aromatic N) is 6. The molecular formula is C27H27F2N7O. The van der Waals surface area contributed by atoms with Crippen molar-refractivity contribution in [3.8, 4) is 6.07 Å². The summed E-state index contributed by atoms with van der Waals surface area (Å²) in [6, 6.07) is 11.8. The Bertz CT molecular complexity index is 1520. The number of aryl methyl sites for hydroxylation is 1. The average Bonchev–Trinajstić information content (AvgIpc) is 3.19. The van der Waals surface area contributed by atoms with Crippen LogP contribution in [-0.2, 0) is 18.3 Å². The third-order valence-electron chi connectivity index (χ3n) is 6.97. The van der Waals surface area contributed by atoms with Gasteiger partial charge in [-0.3, -0.25) is 9.69 Å². The van der Waals surface area contributed by atoms with E-state index in [2.05, 4.69) is 26.2 Å². The van der Waals surface area contributed by atoms with Crippen LogP contribution in [0.4, 0.5) is 8.78 Å². The number of rotatable bonds is 6. The first-order valence-electron chi connectivity index (χ1n) is 12.2. The van der Waals surface area contributed by atoms with Gasteiger partial charge in [0.1, 0.15) is 11.7 Å². The Balaban J connectivity index is 1.36. The minimum Gasteiger partial charge on any atom is -0.341 e. The summed E-state index contributed by atoms with van der Waals surface area (Å²) in [5.41, 5.74) is 3.68. The molecule has 0 spiro atoms. The molecular weight excluding hydrogens is 476 g/mol. The molecule has 0 saturated carbocycles. The van der Waals surface area contributed by atoms with E-state index in [1.165, 1.54) is 13.0 Å². The molecule has 1 fully saturated rings. The number of piperazine rings is 1. The minimum absolute atomic E-state index is 0.190. The molecule has 1 aliphatic heterocycles. The summed E-state index contributed by atoms with van der Waals surface area (Å²) in [5.74, 6) is -1.39. The van der Waals surface area contributed by atoms with E-state index in [0.29, 0.717) is 36.4 Å². The molecule has 0 aliphatic carbocycles. The van der Waals surface area contributed by atoms with Crippen molar-refractivity contribution < 1.29 is 13.6 Å². The predicted molar refractivity (Wildman–Crippen MR) is 135 cm³/mol. The molecule has 0 radical (unpaired) electrons. The molecule has 3 heterocycles. The van der Waals surface area contributed by atoms with Crippen molar-refractivity contribution in [1.29, 1.82) is 5.26 Å². The number of halogens is 2. The first-order valence-corrected chi connectivity index (χ1v) is 12.2. The molecule has 1 aliphatic rings. The van der Waals surface area contributed by atoms with E-state index in [0.717, 1.165) is 47.7 Å². The number of amides is 1. The number of fused-ring (bicyclic) bond motifs is 3. The van der Waals surface area contributed by atoms with Gasteiger partial charge in [-0.2, -0.15) is 5.26 Å². The van der Waals surface area contributed by atoms with E-state index in [9.17, 15) is 18.8 Å². The summed E-state index contributed by atoms with van der Waals surface area (Å²) in [4.78, 5) is 26.0. The number of aromatic nitrogens is 3. The van der Waals surface area contributed by atoms with Gasteiger partial charge >= 0.3 is 0 Å².